The van der Waals surface area contributed by atoms with E-state index in [1.807, 2.05) is 81.4 Å². The highest BCUT2D eigenvalue weighted by molar-refractivity contribution is 5.95. The molecule has 6 rings (SSSR count). The number of carbonyl (C=O) groups is 3. The zero-order chi connectivity index (χ0) is 40.5. The predicted molar refractivity (Wildman–Crippen MR) is 221 cm³/mol. The Morgan fingerprint density at radius 2 is 1.77 bits per heavy atom. The number of pyridine rings is 1. The highest BCUT2D eigenvalue weighted by atomic mass is 16.6. The summed E-state index contributed by atoms with van der Waals surface area (Å²) in [5.74, 6) is -1.09. The summed E-state index contributed by atoms with van der Waals surface area (Å²) >= 11 is 0. The highest BCUT2D eigenvalue weighted by Gasteiger charge is 2.31. The minimum atomic E-state index is -1.19. The SMILES string of the molecule is CCn1c(-c2cccnc2C(C)OC)c(CC(C)(C)OC(=O)C[C@H]2CCCNC2)c2cc(-c3cccc(CC(NC(=O)OCc4ccccc4)C(=O)O)c3)ccc21. The summed E-state index contributed by atoms with van der Waals surface area (Å²) in [6, 6.07) is 26.1. The molecule has 1 fully saturated rings. The van der Waals surface area contributed by atoms with Crippen LogP contribution in [0.15, 0.2) is 91.1 Å². The van der Waals surface area contributed by atoms with E-state index in [9.17, 15) is 19.5 Å². The number of ether oxygens (including phenoxy) is 3. The van der Waals surface area contributed by atoms with E-state index in [1.165, 1.54) is 0 Å². The van der Waals surface area contributed by atoms with Crippen molar-refractivity contribution in [2.24, 2.45) is 5.92 Å². The van der Waals surface area contributed by atoms with Crippen molar-refractivity contribution in [3.8, 4) is 22.4 Å². The number of hydrogen-bond donors (Lipinski definition) is 3. The third-order valence-electron chi connectivity index (χ3n) is 10.7. The molecule has 300 valence electrons. The van der Waals surface area contributed by atoms with E-state index >= 15 is 0 Å². The fraction of sp³-hybridized carbons (Fsp3) is 0.391. The number of carboxylic acids is 1. The number of nitrogens with zero attached hydrogens (tertiary/aromatic N) is 2. The molecule has 0 bridgehead atoms. The molecule has 57 heavy (non-hydrogen) atoms. The normalized spacial score (nSPS) is 15.5. The molecule has 0 spiro atoms. The van der Waals surface area contributed by atoms with E-state index in [0.717, 1.165) is 81.6 Å². The van der Waals surface area contributed by atoms with Crippen molar-refractivity contribution in [3.63, 3.8) is 0 Å². The average Bonchev–Trinajstić information content (AvgIpc) is 3.51. The van der Waals surface area contributed by atoms with E-state index < -0.39 is 23.7 Å². The van der Waals surface area contributed by atoms with Gasteiger partial charge in [-0.25, -0.2) is 9.59 Å². The number of piperidine rings is 1. The first-order valence-corrected chi connectivity index (χ1v) is 19.8. The van der Waals surface area contributed by atoms with Gasteiger partial charge in [0.15, 0.2) is 0 Å². The first-order valence-electron chi connectivity index (χ1n) is 19.8. The molecule has 1 amide bonds. The van der Waals surface area contributed by atoms with Crippen molar-refractivity contribution >= 4 is 28.9 Å². The van der Waals surface area contributed by atoms with Crippen molar-refractivity contribution in [3.05, 3.63) is 114 Å². The number of aromatic nitrogens is 2. The third kappa shape index (κ3) is 10.3. The molecule has 0 aliphatic carbocycles. The van der Waals surface area contributed by atoms with E-state index in [-0.39, 0.29) is 31.0 Å². The molecule has 11 nitrogen and oxygen atoms in total. The molecule has 3 atom stereocenters. The van der Waals surface area contributed by atoms with Crippen molar-refractivity contribution in [2.45, 2.75) is 90.7 Å². The number of hydrogen-bond acceptors (Lipinski definition) is 8. The summed E-state index contributed by atoms with van der Waals surface area (Å²) in [6.45, 7) is 10.6. The van der Waals surface area contributed by atoms with Crippen LogP contribution in [0.25, 0.3) is 33.3 Å². The number of fused-ring (bicyclic) bond motifs is 1. The van der Waals surface area contributed by atoms with Crippen LogP contribution in [0.1, 0.15) is 75.4 Å². The van der Waals surface area contributed by atoms with E-state index in [4.69, 9.17) is 19.2 Å². The maximum Gasteiger partial charge on any atom is 0.408 e. The summed E-state index contributed by atoms with van der Waals surface area (Å²) in [7, 11) is 1.68. The Hall–Kier alpha value is -5.52. The minimum Gasteiger partial charge on any atom is -0.480 e. The first-order chi connectivity index (χ1) is 27.5. The Morgan fingerprint density at radius 1 is 1.00 bits per heavy atom. The second-order valence-corrected chi connectivity index (χ2v) is 15.4. The quantitative estimate of drug-likeness (QED) is 0.0845. The fourth-order valence-corrected chi connectivity index (χ4v) is 7.84. The zero-order valence-electron chi connectivity index (χ0n) is 33.5. The van der Waals surface area contributed by atoms with Gasteiger partial charge in [-0.15, -0.1) is 0 Å². The van der Waals surface area contributed by atoms with Crippen LogP contribution in [-0.4, -0.2) is 64.5 Å². The van der Waals surface area contributed by atoms with Gasteiger partial charge in [-0.2, -0.15) is 0 Å². The topological polar surface area (TPSA) is 141 Å². The number of alkyl carbamates (subject to hydrolysis) is 1. The Kier molecular flexibility index (Phi) is 13.4. The number of benzene rings is 3. The van der Waals surface area contributed by atoms with Gasteiger partial charge in [0.25, 0.3) is 0 Å². The lowest BCUT2D eigenvalue weighted by atomic mass is 9.91. The number of nitrogens with one attached hydrogen (secondary N) is 2. The molecule has 5 aromatic rings. The molecule has 1 aliphatic heterocycles. The number of aryl methyl sites for hydroxylation is 1. The molecule has 2 aromatic heterocycles. The van der Waals surface area contributed by atoms with Gasteiger partial charge in [-0.05, 0) is 112 Å². The summed E-state index contributed by atoms with van der Waals surface area (Å²) in [6.07, 6.45) is 3.68. The second kappa shape index (κ2) is 18.6. The Balaban J connectivity index is 1.34. The van der Waals surface area contributed by atoms with Crippen LogP contribution in [0.4, 0.5) is 4.79 Å². The highest BCUT2D eigenvalue weighted by Crippen LogP contribution is 2.41. The van der Waals surface area contributed by atoms with Crippen molar-refractivity contribution in [2.75, 3.05) is 20.2 Å². The van der Waals surface area contributed by atoms with Crippen LogP contribution in [-0.2, 0) is 49.8 Å². The molecule has 0 radical (unpaired) electrons. The molecular weight excluding hydrogens is 721 g/mol. The molecule has 1 aliphatic rings. The Labute approximate surface area is 334 Å². The summed E-state index contributed by atoms with van der Waals surface area (Å²) in [5, 5.41) is 17.0. The molecular formula is C46H54N4O7. The van der Waals surface area contributed by atoms with Crippen molar-refractivity contribution < 1.29 is 33.7 Å². The largest absolute Gasteiger partial charge is 0.480 e. The molecule has 3 N–H and O–H groups in total. The van der Waals surface area contributed by atoms with Gasteiger partial charge in [0.05, 0.1) is 17.5 Å². The van der Waals surface area contributed by atoms with Gasteiger partial charge >= 0.3 is 18.0 Å². The van der Waals surface area contributed by atoms with Crippen LogP contribution in [0.5, 0.6) is 0 Å². The number of aliphatic carboxylic acids is 1. The Bertz CT molecular complexity index is 2170. The smallest absolute Gasteiger partial charge is 0.408 e. The van der Waals surface area contributed by atoms with Gasteiger partial charge in [-0.1, -0.05) is 60.7 Å². The van der Waals surface area contributed by atoms with Crippen LogP contribution in [0.3, 0.4) is 0 Å². The fourth-order valence-electron chi connectivity index (χ4n) is 7.84. The van der Waals surface area contributed by atoms with Crippen LogP contribution < -0.4 is 10.6 Å². The second-order valence-electron chi connectivity index (χ2n) is 15.4. The van der Waals surface area contributed by atoms with E-state index in [1.54, 1.807) is 13.3 Å². The average molecular weight is 775 g/mol. The van der Waals surface area contributed by atoms with Crippen molar-refractivity contribution in [1.82, 2.24) is 20.2 Å². The molecule has 11 heteroatoms. The Morgan fingerprint density at radius 3 is 2.49 bits per heavy atom. The lowest BCUT2D eigenvalue weighted by Crippen LogP contribution is -2.42. The molecule has 3 aromatic carbocycles. The molecule has 0 saturated carbocycles. The predicted octanol–water partition coefficient (Wildman–Crippen LogP) is 8.27. The molecule has 2 unspecified atom stereocenters. The minimum absolute atomic E-state index is 0.0335. The maximum absolute atomic E-state index is 13.4. The summed E-state index contributed by atoms with van der Waals surface area (Å²) < 4.78 is 19.7. The van der Waals surface area contributed by atoms with Crippen LogP contribution >= 0.6 is 0 Å². The van der Waals surface area contributed by atoms with Crippen LogP contribution in [0, 0.1) is 5.92 Å². The van der Waals surface area contributed by atoms with Crippen LogP contribution in [0.2, 0.25) is 0 Å². The zero-order valence-corrected chi connectivity index (χ0v) is 33.5. The van der Waals surface area contributed by atoms with Gasteiger partial charge in [0.1, 0.15) is 18.2 Å². The summed E-state index contributed by atoms with van der Waals surface area (Å²) in [4.78, 5) is 43.0. The van der Waals surface area contributed by atoms with E-state index in [0.29, 0.717) is 19.4 Å². The van der Waals surface area contributed by atoms with Gasteiger partial charge in [0.2, 0.25) is 0 Å². The van der Waals surface area contributed by atoms with Gasteiger partial charge < -0.3 is 34.5 Å². The number of amides is 1. The lowest BCUT2D eigenvalue weighted by Gasteiger charge is -2.28. The van der Waals surface area contributed by atoms with Crippen molar-refractivity contribution in [1.29, 1.82) is 0 Å². The lowest BCUT2D eigenvalue weighted by molar-refractivity contribution is -0.157. The molecule has 3 heterocycles. The number of rotatable bonds is 16. The van der Waals surface area contributed by atoms with E-state index in [2.05, 4.69) is 46.4 Å². The number of carbonyl (C=O) groups excluding carboxylic acids is 2. The summed E-state index contributed by atoms with van der Waals surface area (Å²) in [5.41, 5.74) is 7.37. The first kappa shape index (κ1) is 41.1. The number of esters is 1. The number of carboxylic acid groups (broad SMARTS) is 1. The van der Waals surface area contributed by atoms with Gasteiger partial charge in [-0.3, -0.25) is 9.78 Å². The maximum atomic E-state index is 13.4. The third-order valence-corrected chi connectivity index (χ3v) is 10.7. The van der Waals surface area contributed by atoms with Gasteiger partial charge in [0, 0.05) is 55.6 Å². The number of methoxy groups -OCH3 is 1. The molecule has 1 saturated heterocycles. The standard InChI is InChI=1S/C46H54N4O7/c1-6-50-40-20-19-35(34-17-10-15-32(23-34)24-39(44(52)53)49-45(54)56-29-31-13-8-7-9-14-31)26-37(40)38(43(50)36-18-12-22-48-42(36)30(2)55-5)27-46(3,4)57-41(51)25-33-16-11-21-47-28-33/h7-10,12-15,17-20,22-23,26,30,33,39,47H,6,11,16,21,24-25,27-29H2,1-5H3,(H,49,54)(H,52,53)/t30?,33-,39?/m1/s1. The monoisotopic (exact) mass is 774 g/mol.